The second kappa shape index (κ2) is 8.56. The molecule has 0 aromatic carbocycles. The topological polar surface area (TPSA) is 25.8 Å². The highest BCUT2D eigenvalue weighted by atomic mass is 32.1. The fraction of sp³-hybridized carbons (Fsp3) is 0.714. The van der Waals surface area contributed by atoms with Crippen LogP contribution < -0.4 is 0 Å². The molecule has 1 heterocycles. The van der Waals surface area contributed by atoms with Gasteiger partial charge >= 0.3 is 0 Å². The van der Waals surface area contributed by atoms with E-state index >= 15 is 0 Å². The van der Waals surface area contributed by atoms with Crippen molar-refractivity contribution in [2.75, 3.05) is 0 Å². The van der Waals surface area contributed by atoms with Gasteiger partial charge < -0.3 is 0 Å². The Balaban J connectivity index is 0. The minimum atomic E-state index is 0. The van der Waals surface area contributed by atoms with Crippen molar-refractivity contribution in [2.45, 2.75) is 28.2 Å². The van der Waals surface area contributed by atoms with Crippen molar-refractivity contribution in [3.63, 3.8) is 0 Å². The molecule has 1 aromatic heterocycles. The first-order valence-electron chi connectivity index (χ1n) is 2.92. The molecule has 1 aromatic rings. The maximum atomic E-state index is 3.49. The van der Waals surface area contributed by atoms with E-state index in [1.54, 1.807) is 11.0 Å². The molecule has 0 unspecified atom stereocenters. The van der Waals surface area contributed by atoms with Crippen molar-refractivity contribution in [3.8, 4) is 0 Å². The Bertz CT molecular complexity index is 95.2. The lowest BCUT2D eigenvalue weighted by atomic mass is 10.3. The van der Waals surface area contributed by atoms with Crippen LogP contribution >= 0.6 is 11.3 Å². The molecule has 3 heteroatoms. The van der Waals surface area contributed by atoms with Crippen molar-refractivity contribution >= 4 is 11.3 Å². The van der Waals surface area contributed by atoms with E-state index in [9.17, 15) is 0 Å². The van der Waals surface area contributed by atoms with Crippen LogP contribution in [0.15, 0.2) is 11.0 Å². The Hall–Kier alpha value is -0.440. The monoisotopic (exact) mass is 160 g/mol. The van der Waals surface area contributed by atoms with Gasteiger partial charge in [-0.15, -0.1) is 21.5 Å². The fourth-order valence-corrected chi connectivity index (χ4v) is 0.408. The molecule has 0 saturated heterocycles. The third kappa shape index (κ3) is 15.6. The van der Waals surface area contributed by atoms with Gasteiger partial charge in [0.05, 0.1) is 0 Å². The second-order valence-electron chi connectivity index (χ2n) is 2.31. The van der Waals surface area contributed by atoms with Gasteiger partial charge in [0.15, 0.2) is 0 Å². The van der Waals surface area contributed by atoms with Crippen LogP contribution in [0.3, 0.4) is 0 Å². The summed E-state index contributed by atoms with van der Waals surface area (Å²) >= 11 is 1.49. The molecular weight excluding hydrogens is 144 g/mol. The predicted octanol–water partition coefficient (Wildman–Crippen LogP) is 2.84. The maximum Gasteiger partial charge on any atom is 0.103 e. The molecule has 0 aliphatic rings. The standard InChI is InChI=1S/C4H10.C2H2N2S.CH4/c1-4(2)3;1-3-4-2-5-1;/h4H,1-3H3;1-2H;1H4. The molecule has 0 aliphatic heterocycles. The highest BCUT2D eigenvalue weighted by Gasteiger charge is 1.68. The largest absolute Gasteiger partial charge is 0.147 e. The summed E-state index contributed by atoms with van der Waals surface area (Å²) in [6.45, 7) is 6.50. The van der Waals surface area contributed by atoms with Crippen molar-refractivity contribution in [2.24, 2.45) is 5.92 Å². The van der Waals surface area contributed by atoms with Gasteiger partial charge in [-0.2, -0.15) is 0 Å². The van der Waals surface area contributed by atoms with Crippen LogP contribution in [0.4, 0.5) is 0 Å². The third-order valence-electron chi connectivity index (χ3n) is 0.283. The molecule has 0 N–H and O–H groups in total. The van der Waals surface area contributed by atoms with Crippen LogP contribution in [0.1, 0.15) is 28.2 Å². The van der Waals surface area contributed by atoms with E-state index in [0.717, 1.165) is 5.92 Å². The first-order chi connectivity index (χ1) is 4.23. The summed E-state index contributed by atoms with van der Waals surface area (Å²) in [5, 5.41) is 6.98. The van der Waals surface area contributed by atoms with Gasteiger partial charge in [-0.1, -0.05) is 28.2 Å². The molecule has 2 nitrogen and oxygen atoms in total. The Kier molecular flexibility index (Phi) is 10.5. The van der Waals surface area contributed by atoms with Crippen molar-refractivity contribution in [1.82, 2.24) is 10.2 Å². The molecule has 1 rings (SSSR count). The lowest BCUT2D eigenvalue weighted by Crippen LogP contribution is -1.66. The summed E-state index contributed by atoms with van der Waals surface area (Å²) in [5.74, 6) is 0.833. The lowest BCUT2D eigenvalue weighted by Gasteiger charge is -1.79. The average Bonchev–Trinajstić information content (AvgIpc) is 2.11. The van der Waals surface area contributed by atoms with Gasteiger partial charge in [0.1, 0.15) is 11.0 Å². The van der Waals surface area contributed by atoms with E-state index in [0.29, 0.717) is 0 Å². The van der Waals surface area contributed by atoms with E-state index in [1.165, 1.54) is 11.3 Å². The van der Waals surface area contributed by atoms with Gasteiger partial charge in [-0.3, -0.25) is 0 Å². The van der Waals surface area contributed by atoms with Crippen molar-refractivity contribution in [3.05, 3.63) is 11.0 Å². The number of hydrogen-bond donors (Lipinski definition) is 0. The maximum absolute atomic E-state index is 3.49. The summed E-state index contributed by atoms with van der Waals surface area (Å²) in [6.07, 6.45) is 0. The van der Waals surface area contributed by atoms with E-state index < -0.39 is 0 Å². The zero-order valence-corrected chi connectivity index (χ0v) is 6.85. The first-order valence-corrected chi connectivity index (χ1v) is 3.86. The van der Waals surface area contributed by atoms with E-state index in [4.69, 9.17) is 0 Å². The third-order valence-corrected chi connectivity index (χ3v) is 0.715. The molecule has 0 atom stereocenters. The molecule has 60 valence electrons. The lowest BCUT2D eigenvalue weighted by molar-refractivity contribution is 0.737. The van der Waals surface area contributed by atoms with Crippen LogP contribution in [-0.2, 0) is 0 Å². The molecule has 0 radical (unpaired) electrons. The zero-order valence-electron chi connectivity index (χ0n) is 6.03. The van der Waals surface area contributed by atoms with Gasteiger partial charge in [0, 0.05) is 0 Å². The molecule has 0 spiro atoms. The summed E-state index contributed by atoms with van der Waals surface area (Å²) < 4.78 is 0. The highest BCUT2D eigenvalue weighted by molar-refractivity contribution is 7.07. The molecule has 0 amide bonds. The molecular formula is C7H16N2S. The van der Waals surface area contributed by atoms with Gasteiger partial charge in [-0.25, -0.2) is 0 Å². The van der Waals surface area contributed by atoms with E-state index in [-0.39, 0.29) is 7.43 Å². The van der Waals surface area contributed by atoms with Crippen LogP contribution in [0.25, 0.3) is 0 Å². The Morgan fingerprint density at radius 2 is 1.40 bits per heavy atom. The Morgan fingerprint density at radius 1 is 1.10 bits per heavy atom. The number of hydrogen-bond acceptors (Lipinski definition) is 3. The van der Waals surface area contributed by atoms with Crippen LogP contribution in [-0.4, -0.2) is 10.2 Å². The van der Waals surface area contributed by atoms with E-state index in [1.807, 2.05) is 0 Å². The first kappa shape index (κ1) is 12.3. The number of nitrogens with zero attached hydrogens (tertiary/aromatic N) is 2. The summed E-state index contributed by atoms with van der Waals surface area (Å²) in [5.41, 5.74) is 3.36. The fourth-order valence-electron chi connectivity index (χ4n) is 0.136. The number of rotatable bonds is 0. The van der Waals surface area contributed by atoms with Crippen LogP contribution in [0, 0.1) is 5.92 Å². The Morgan fingerprint density at radius 3 is 1.50 bits per heavy atom. The minimum Gasteiger partial charge on any atom is -0.147 e. The van der Waals surface area contributed by atoms with Crippen LogP contribution in [0.5, 0.6) is 0 Å². The van der Waals surface area contributed by atoms with Gasteiger partial charge in [0.2, 0.25) is 0 Å². The number of aromatic nitrogens is 2. The Labute approximate surface area is 67.3 Å². The molecule has 0 bridgehead atoms. The van der Waals surface area contributed by atoms with E-state index in [2.05, 4.69) is 31.0 Å². The summed E-state index contributed by atoms with van der Waals surface area (Å²) in [6, 6.07) is 0. The van der Waals surface area contributed by atoms with Gasteiger partial charge in [0.25, 0.3) is 0 Å². The summed E-state index contributed by atoms with van der Waals surface area (Å²) in [7, 11) is 0. The minimum absolute atomic E-state index is 0. The van der Waals surface area contributed by atoms with Gasteiger partial charge in [-0.05, 0) is 5.92 Å². The summed E-state index contributed by atoms with van der Waals surface area (Å²) in [4.78, 5) is 0. The molecule has 0 aliphatic carbocycles. The quantitative estimate of drug-likeness (QED) is 0.583. The zero-order chi connectivity index (χ0) is 7.11. The SMILES string of the molecule is C.CC(C)C.c1nncs1. The molecule has 0 saturated carbocycles. The smallest absolute Gasteiger partial charge is 0.103 e. The van der Waals surface area contributed by atoms with Crippen molar-refractivity contribution in [1.29, 1.82) is 0 Å². The average molecular weight is 160 g/mol. The highest BCUT2D eigenvalue weighted by Crippen LogP contribution is 1.81. The molecule has 10 heavy (non-hydrogen) atoms. The second-order valence-corrected chi connectivity index (χ2v) is 3.00. The normalized spacial score (nSPS) is 7.60. The molecule has 0 fully saturated rings. The van der Waals surface area contributed by atoms with Crippen LogP contribution in [0.2, 0.25) is 0 Å². The van der Waals surface area contributed by atoms with Crippen molar-refractivity contribution < 1.29 is 0 Å². The predicted molar refractivity (Wildman–Crippen MR) is 47.2 cm³/mol.